The maximum absolute atomic E-state index is 12.5. The first-order valence-corrected chi connectivity index (χ1v) is 4.97. The molecule has 14 heteroatoms. The molecule has 0 radical (unpaired) electrons. The second-order valence-corrected chi connectivity index (χ2v) is 3.63. The van der Waals surface area contributed by atoms with Gasteiger partial charge in [-0.15, -0.1) is 0 Å². The Balaban J connectivity index is 4.44. The normalized spacial score (nSPS) is 17.5. The van der Waals surface area contributed by atoms with Crippen molar-refractivity contribution >= 4 is 0 Å². The minimum Gasteiger partial charge on any atom is -0.315 e. The second-order valence-electron chi connectivity index (χ2n) is 3.63. The van der Waals surface area contributed by atoms with Gasteiger partial charge in [0.1, 0.15) is 0 Å². The number of alkyl halides is 12. The van der Waals surface area contributed by atoms with E-state index in [0.717, 1.165) is 0 Å². The van der Waals surface area contributed by atoms with Gasteiger partial charge in [-0.05, 0) is 0 Å². The zero-order valence-corrected chi connectivity index (χ0v) is 9.92. The molecule has 0 aromatic carbocycles. The van der Waals surface area contributed by atoms with Crippen molar-refractivity contribution in [2.75, 3.05) is 13.2 Å². The molecule has 0 bridgehead atoms. The molecule has 0 saturated heterocycles. The van der Waals surface area contributed by atoms with E-state index in [4.69, 9.17) is 0 Å². The summed E-state index contributed by atoms with van der Waals surface area (Å²) in [5.74, 6) is 0. The van der Waals surface area contributed by atoms with Gasteiger partial charge in [0.25, 0.3) is 12.3 Å². The van der Waals surface area contributed by atoms with Crippen molar-refractivity contribution < 1.29 is 62.2 Å². The first-order valence-electron chi connectivity index (χ1n) is 4.97. The Labute approximate surface area is 114 Å². The van der Waals surface area contributed by atoms with Crippen molar-refractivity contribution in [3.8, 4) is 0 Å². The smallest absolute Gasteiger partial charge is 0.315 e. The number of ether oxygens (including phenoxy) is 2. The van der Waals surface area contributed by atoms with Gasteiger partial charge >= 0.3 is 24.6 Å². The molecular weight excluding hydrogens is 356 g/mol. The van der Waals surface area contributed by atoms with Crippen LogP contribution in [0.2, 0.25) is 0 Å². The van der Waals surface area contributed by atoms with Crippen LogP contribution in [0.4, 0.5) is 52.7 Å². The van der Waals surface area contributed by atoms with Crippen LogP contribution in [0.1, 0.15) is 0 Å². The van der Waals surface area contributed by atoms with E-state index in [-0.39, 0.29) is 0 Å². The lowest BCUT2D eigenvalue weighted by Gasteiger charge is -2.24. The minimum atomic E-state index is -6.03. The first kappa shape index (κ1) is 21.1. The summed E-state index contributed by atoms with van der Waals surface area (Å²) in [6, 6.07) is 0. The van der Waals surface area contributed by atoms with Gasteiger partial charge < -0.3 is 9.47 Å². The lowest BCUT2D eigenvalue weighted by Crippen LogP contribution is -2.46. The van der Waals surface area contributed by atoms with Gasteiger partial charge in [0.15, 0.2) is 0 Å². The minimum absolute atomic E-state index is 1.86. The highest BCUT2D eigenvalue weighted by Gasteiger charge is 2.59. The SMILES string of the molecule is FC(C(F)(F)F)C(F)(F)OCCOC(F)(F)C(F)C(F)(F)F. The third-order valence-corrected chi connectivity index (χ3v) is 1.84. The van der Waals surface area contributed by atoms with Crippen molar-refractivity contribution in [2.24, 2.45) is 0 Å². The Kier molecular flexibility index (Phi) is 6.40. The Morgan fingerprint density at radius 3 is 0.955 bits per heavy atom. The van der Waals surface area contributed by atoms with Crippen LogP contribution < -0.4 is 0 Å². The first-order chi connectivity index (χ1) is 9.52. The van der Waals surface area contributed by atoms with E-state index in [2.05, 4.69) is 9.47 Å². The van der Waals surface area contributed by atoms with Crippen LogP contribution in [-0.4, -0.2) is 50.1 Å². The average Bonchev–Trinajstić information content (AvgIpc) is 2.30. The molecular formula is C8H6F12O2. The molecule has 22 heavy (non-hydrogen) atoms. The molecule has 0 aromatic heterocycles. The van der Waals surface area contributed by atoms with E-state index in [1.807, 2.05) is 0 Å². The van der Waals surface area contributed by atoms with Gasteiger partial charge in [0, 0.05) is 0 Å². The Bertz CT molecular complexity index is 314. The van der Waals surface area contributed by atoms with Gasteiger partial charge in [-0.25, -0.2) is 8.78 Å². The van der Waals surface area contributed by atoms with Crippen LogP contribution in [0, 0.1) is 0 Å². The van der Waals surface area contributed by atoms with E-state index < -0.39 is 50.1 Å². The lowest BCUT2D eigenvalue weighted by molar-refractivity contribution is -0.356. The lowest BCUT2D eigenvalue weighted by atomic mass is 10.3. The largest absolute Gasteiger partial charge is 0.428 e. The Morgan fingerprint density at radius 1 is 0.545 bits per heavy atom. The third-order valence-electron chi connectivity index (χ3n) is 1.84. The van der Waals surface area contributed by atoms with Crippen molar-refractivity contribution in [2.45, 2.75) is 36.9 Å². The zero-order valence-electron chi connectivity index (χ0n) is 9.92. The Morgan fingerprint density at radius 2 is 0.773 bits per heavy atom. The molecule has 0 aliphatic carbocycles. The predicted octanol–water partition coefficient (Wildman–Crippen LogP) is 4.01. The Hall–Kier alpha value is -0.920. The van der Waals surface area contributed by atoms with E-state index in [0.29, 0.717) is 0 Å². The number of rotatable bonds is 7. The van der Waals surface area contributed by atoms with Crippen LogP contribution in [0.3, 0.4) is 0 Å². The van der Waals surface area contributed by atoms with Crippen LogP contribution in [-0.2, 0) is 9.47 Å². The van der Waals surface area contributed by atoms with E-state index in [1.54, 1.807) is 0 Å². The summed E-state index contributed by atoms with van der Waals surface area (Å²) in [6.45, 7) is -3.71. The topological polar surface area (TPSA) is 18.5 Å². The molecule has 0 fully saturated rings. The molecule has 0 aliphatic rings. The summed E-state index contributed by atoms with van der Waals surface area (Å²) in [5, 5.41) is 0. The fourth-order valence-corrected chi connectivity index (χ4v) is 0.883. The maximum Gasteiger partial charge on any atom is 0.428 e. The van der Waals surface area contributed by atoms with Crippen molar-refractivity contribution in [3.05, 3.63) is 0 Å². The quantitative estimate of drug-likeness (QED) is 0.504. The second kappa shape index (κ2) is 6.68. The van der Waals surface area contributed by atoms with Crippen LogP contribution in [0.5, 0.6) is 0 Å². The standard InChI is InChI=1S/C8H6F12O2/c9-3(5(11,12)13)7(17,18)21-1-2-22-8(19,20)4(10)6(14,15)16/h3-4H,1-2H2. The average molecular weight is 362 g/mol. The molecule has 2 nitrogen and oxygen atoms in total. The summed E-state index contributed by atoms with van der Waals surface area (Å²) < 4.78 is 150. The summed E-state index contributed by atoms with van der Waals surface area (Å²) in [5.41, 5.74) is 0. The molecule has 0 saturated carbocycles. The van der Waals surface area contributed by atoms with Crippen LogP contribution in [0.15, 0.2) is 0 Å². The molecule has 0 aliphatic heterocycles. The highest BCUT2D eigenvalue weighted by Crippen LogP contribution is 2.37. The van der Waals surface area contributed by atoms with Crippen molar-refractivity contribution in [3.63, 3.8) is 0 Å². The van der Waals surface area contributed by atoms with E-state index >= 15 is 0 Å². The molecule has 2 unspecified atom stereocenters. The molecule has 0 amide bonds. The van der Waals surface area contributed by atoms with Crippen molar-refractivity contribution in [1.82, 2.24) is 0 Å². The highest BCUT2D eigenvalue weighted by molar-refractivity contribution is 4.76. The number of hydrogen-bond donors (Lipinski definition) is 0. The summed E-state index contributed by atoms with van der Waals surface area (Å²) in [4.78, 5) is 0. The zero-order chi connectivity index (χ0) is 18.0. The van der Waals surface area contributed by atoms with Gasteiger partial charge in [-0.1, -0.05) is 0 Å². The van der Waals surface area contributed by atoms with Crippen molar-refractivity contribution in [1.29, 1.82) is 0 Å². The van der Waals surface area contributed by atoms with Gasteiger partial charge in [-0.2, -0.15) is 43.9 Å². The molecule has 134 valence electrons. The fraction of sp³-hybridized carbons (Fsp3) is 1.00. The summed E-state index contributed by atoms with van der Waals surface area (Å²) in [7, 11) is 0. The van der Waals surface area contributed by atoms with Crippen LogP contribution >= 0.6 is 0 Å². The molecule has 2 atom stereocenters. The van der Waals surface area contributed by atoms with Crippen LogP contribution in [0.25, 0.3) is 0 Å². The fourth-order valence-electron chi connectivity index (χ4n) is 0.883. The van der Waals surface area contributed by atoms with Gasteiger partial charge in [0.2, 0.25) is 0 Å². The predicted molar refractivity (Wildman–Crippen MR) is 43.7 cm³/mol. The molecule has 0 aromatic rings. The third kappa shape index (κ3) is 6.06. The van der Waals surface area contributed by atoms with E-state index in [1.165, 1.54) is 0 Å². The highest BCUT2D eigenvalue weighted by atomic mass is 19.4. The van der Waals surface area contributed by atoms with Gasteiger partial charge in [0.05, 0.1) is 13.2 Å². The molecule has 0 N–H and O–H groups in total. The summed E-state index contributed by atoms with van der Waals surface area (Å²) >= 11 is 0. The molecule has 0 rings (SSSR count). The monoisotopic (exact) mass is 362 g/mol. The number of hydrogen-bond acceptors (Lipinski definition) is 2. The maximum atomic E-state index is 12.5. The molecule has 0 spiro atoms. The van der Waals surface area contributed by atoms with E-state index in [9.17, 15) is 52.7 Å². The van der Waals surface area contributed by atoms with Gasteiger partial charge in [-0.3, -0.25) is 0 Å². The number of halogens is 12. The molecule has 0 heterocycles. The summed E-state index contributed by atoms with van der Waals surface area (Å²) in [6.07, 6.45) is -32.6.